The molecular formula is C19H29N2O10P. The molecule has 0 radical (unpaired) electrons. The highest BCUT2D eigenvalue weighted by Gasteiger charge is 2.27. The van der Waals surface area contributed by atoms with Gasteiger partial charge in [0.05, 0.1) is 17.4 Å². The Bertz CT molecular complexity index is 877. The SMILES string of the molecule is CCOC(=O)C(C)CC(Cc1ccc(OP(=O)(O)O)c([N+](=O)[O-])c1)NC(=O)OC(C)(C)C. The number of nitrogens with one attached hydrogen (secondary N) is 1. The number of nitrogens with zero attached hydrogens (tertiary/aromatic N) is 1. The minimum atomic E-state index is -5.00. The van der Waals surface area contributed by atoms with Crippen LogP contribution in [0.5, 0.6) is 5.75 Å². The summed E-state index contributed by atoms with van der Waals surface area (Å²) in [5.74, 6) is -1.63. The van der Waals surface area contributed by atoms with Gasteiger partial charge in [0.2, 0.25) is 5.75 Å². The molecule has 0 fully saturated rings. The minimum absolute atomic E-state index is 0.0695. The highest BCUT2D eigenvalue weighted by molar-refractivity contribution is 7.46. The Morgan fingerprint density at radius 2 is 1.91 bits per heavy atom. The molecule has 0 spiro atoms. The first-order chi connectivity index (χ1) is 14.6. The maximum atomic E-state index is 12.3. The molecule has 0 heterocycles. The summed E-state index contributed by atoms with van der Waals surface area (Å²) in [4.78, 5) is 52.7. The molecule has 2 unspecified atom stereocenters. The molecule has 1 rings (SSSR count). The van der Waals surface area contributed by atoms with Gasteiger partial charge in [-0.15, -0.1) is 0 Å². The summed E-state index contributed by atoms with van der Waals surface area (Å²) in [6, 6.07) is 2.87. The van der Waals surface area contributed by atoms with Gasteiger partial charge >= 0.3 is 25.6 Å². The highest BCUT2D eigenvalue weighted by atomic mass is 31.2. The second-order valence-electron chi connectivity index (χ2n) is 8.08. The predicted octanol–water partition coefficient (Wildman–Crippen LogP) is 3.09. The number of carbonyl (C=O) groups excluding carboxylic acids is 2. The first kappa shape index (κ1) is 27.3. The summed E-state index contributed by atoms with van der Waals surface area (Å²) in [5, 5.41) is 14.0. The third-order valence-electron chi connectivity index (χ3n) is 3.97. The zero-order valence-electron chi connectivity index (χ0n) is 18.6. The highest BCUT2D eigenvalue weighted by Crippen LogP contribution is 2.42. The van der Waals surface area contributed by atoms with Crippen LogP contribution in [-0.4, -0.2) is 45.0 Å². The molecule has 13 heteroatoms. The molecule has 3 N–H and O–H groups in total. The third kappa shape index (κ3) is 10.1. The van der Waals surface area contributed by atoms with Gasteiger partial charge in [0.25, 0.3) is 0 Å². The average Bonchev–Trinajstić information content (AvgIpc) is 2.59. The number of phosphoric ester groups is 1. The Labute approximate surface area is 185 Å². The lowest BCUT2D eigenvalue weighted by molar-refractivity contribution is -0.385. The zero-order valence-corrected chi connectivity index (χ0v) is 19.5. The standard InChI is InChI=1S/C19H29N2O10P/c1-6-29-17(22)12(2)9-14(20-18(23)30-19(3,4)5)10-13-7-8-16(31-32(26,27)28)15(11-13)21(24)25/h7-8,11-12,14H,6,9-10H2,1-5H3,(H,20,23)(H2,26,27,28). The fourth-order valence-electron chi connectivity index (χ4n) is 2.80. The summed E-state index contributed by atoms with van der Waals surface area (Å²) < 4.78 is 25.7. The van der Waals surface area contributed by atoms with Crippen molar-refractivity contribution in [2.24, 2.45) is 5.92 Å². The second kappa shape index (κ2) is 11.3. The molecule has 0 aliphatic carbocycles. The first-order valence-electron chi connectivity index (χ1n) is 9.80. The largest absolute Gasteiger partial charge is 0.525 e. The number of nitro groups is 1. The van der Waals surface area contributed by atoms with E-state index < -0.39 is 53.8 Å². The molecule has 0 saturated carbocycles. The minimum Gasteiger partial charge on any atom is -0.466 e. The molecule has 32 heavy (non-hydrogen) atoms. The predicted molar refractivity (Wildman–Crippen MR) is 113 cm³/mol. The van der Waals surface area contributed by atoms with Crippen molar-refractivity contribution >= 4 is 25.6 Å². The van der Waals surface area contributed by atoms with Gasteiger partial charge in [-0.1, -0.05) is 13.0 Å². The number of amides is 1. The van der Waals surface area contributed by atoms with E-state index >= 15 is 0 Å². The van der Waals surface area contributed by atoms with Crippen LogP contribution in [0.15, 0.2) is 18.2 Å². The fraction of sp³-hybridized carbons (Fsp3) is 0.579. The topological polar surface area (TPSA) is 175 Å². The van der Waals surface area contributed by atoms with Crippen molar-refractivity contribution < 1.29 is 42.9 Å². The Balaban J connectivity index is 3.14. The Kier molecular flexibility index (Phi) is 9.62. The average molecular weight is 476 g/mol. The summed E-state index contributed by atoms with van der Waals surface area (Å²) in [5.41, 5.74) is -1.05. The van der Waals surface area contributed by atoms with Crippen LogP contribution in [0, 0.1) is 16.0 Å². The lowest BCUT2D eigenvalue weighted by atomic mass is 9.96. The quantitative estimate of drug-likeness (QED) is 0.197. The van der Waals surface area contributed by atoms with Gasteiger partial charge in [-0.25, -0.2) is 9.36 Å². The molecule has 1 aromatic carbocycles. The van der Waals surface area contributed by atoms with E-state index in [-0.39, 0.29) is 19.4 Å². The number of nitro benzene ring substituents is 1. The van der Waals surface area contributed by atoms with Crippen LogP contribution in [0.4, 0.5) is 10.5 Å². The lowest BCUT2D eigenvalue weighted by Gasteiger charge is -2.25. The molecule has 1 aromatic rings. The lowest BCUT2D eigenvalue weighted by Crippen LogP contribution is -2.41. The number of esters is 1. The van der Waals surface area contributed by atoms with Crippen molar-refractivity contribution in [3.8, 4) is 5.75 Å². The number of carbonyl (C=O) groups is 2. The van der Waals surface area contributed by atoms with Crippen molar-refractivity contribution in [3.63, 3.8) is 0 Å². The van der Waals surface area contributed by atoms with Crippen molar-refractivity contribution in [3.05, 3.63) is 33.9 Å². The summed E-state index contributed by atoms with van der Waals surface area (Å²) in [6.45, 7) is 8.55. The van der Waals surface area contributed by atoms with Crippen molar-refractivity contribution in [1.29, 1.82) is 0 Å². The van der Waals surface area contributed by atoms with Gasteiger partial charge in [-0.05, 0) is 52.2 Å². The van der Waals surface area contributed by atoms with Crippen LogP contribution in [0.1, 0.15) is 46.6 Å². The Hall–Kier alpha value is -2.69. The number of alkyl carbamates (subject to hydrolysis) is 1. The number of hydrogen-bond acceptors (Lipinski definition) is 8. The molecule has 12 nitrogen and oxygen atoms in total. The summed E-state index contributed by atoms with van der Waals surface area (Å²) in [7, 11) is -5.00. The molecule has 0 aromatic heterocycles. The summed E-state index contributed by atoms with van der Waals surface area (Å²) in [6.07, 6.45) is -0.499. The molecular weight excluding hydrogens is 447 g/mol. The zero-order chi connectivity index (χ0) is 24.7. The van der Waals surface area contributed by atoms with Crippen LogP contribution in [-0.2, 0) is 25.3 Å². The monoisotopic (exact) mass is 476 g/mol. The second-order valence-corrected chi connectivity index (χ2v) is 9.24. The number of benzene rings is 1. The van der Waals surface area contributed by atoms with Crippen LogP contribution in [0.2, 0.25) is 0 Å². The van der Waals surface area contributed by atoms with E-state index in [4.69, 9.17) is 19.3 Å². The van der Waals surface area contributed by atoms with E-state index in [2.05, 4.69) is 9.84 Å². The molecule has 1 amide bonds. The van der Waals surface area contributed by atoms with Crippen molar-refractivity contribution in [2.45, 2.75) is 59.1 Å². The molecule has 0 bridgehead atoms. The molecule has 0 aliphatic rings. The van der Waals surface area contributed by atoms with Crippen LogP contribution >= 0.6 is 7.82 Å². The van der Waals surface area contributed by atoms with Crippen molar-refractivity contribution in [1.82, 2.24) is 5.32 Å². The van der Waals surface area contributed by atoms with E-state index in [1.165, 1.54) is 6.07 Å². The van der Waals surface area contributed by atoms with Gasteiger partial charge < -0.3 is 19.3 Å². The van der Waals surface area contributed by atoms with Gasteiger partial charge in [0.1, 0.15) is 5.60 Å². The van der Waals surface area contributed by atoms with E-state index in [0.29, 0.717) is 5.56 Å². The maximum absolute atomic E-state index is 12.3. The van der Waals surface area contributed by atoms with Gasteiger partial charge in [-0.3, -0.25) is 24.7 Å². The van der Waals surface area contributed by atoms with Gasteiger partial charge in [0.15, 0.2) is 0 Å². The van der Waals surface area contributed by atoms with Crippen molar-refractivity contribution in [2.75, 3.05) is 6.61 Å². The summed E-state index contributed by atoms with van der Waals surface area (Å²) >= 11 is 0. The smallest absolute Gasteiger partial charge is 0.466 e. The fourth-order valence-corrected chi connectivity index (χ4v) is 3.21. The maximum Gasteiger partial charge on any atom is 0.525 e. The van der Waals surface area contributed by atoms with E-state index in [0.717, 1.165) is 12.1 Å². The van der Waals surface area contributed by atoms with Gasteiger partial charge in [0, 0.05) is 12.1 Å². The van der Waals surface area contributed by atoms with E-state index in [1.54, 1.807) is 34.6 Å². The molecule has 180 valence electrons. The number of rotatable bonds is 10. The molecule has 0 aliphatic heterocycles. The van der Waals surface area contributed by atoms with E-state index in [1.807, 2.05) is 0 Å². The van der Waals surface area contributed by atoms with Crippen LogP contribution < -0.4 is 9.84 Å². The van der Waals surface area contributed by atoms with E-state index in [9.17, 15) is 24.3 Å². The third-order valence-corrected chi connectivity index (χ3v) is 4.40. The van der Waals surface area contributed by atoms with Crippen LogP contribution in [0.25, 0.3) is 0 Å². The number of ether oxygens (including phenoxy) is 2. The first-order valence-corrected chi connectivity index (χ1v) is 11.3. The normalized spacial score (nSPS) is 13.6. The molecule has 0 saturated heterocycles. The molecule has 2 atom stereocenters. The Morgan fingerprint density at radius 1 is 1.28 bits per heavy atom. The number of hydrogen-bond donors (Lipinski definition) is 3. The Morgan fingerprint density at radius 3 is 2.41 bits per heavy atom. The number of phosphoric acid groups is 1. The van der Waals surface area contributed by atoms with Gasteiger partial charge in [-0.2, -0.15) is 0 Å². The van der Waals surface area contributed by atoms with Crippen LogP contribution in [0.3, 0.4) is 0 Å².